The molecule has 4 nitrogen and oxygen atoms in total. The van der Waals surface area contributed by atoms with E-state index in [0.29, 0.717) is 13.0 Å². The number of carbonyl (C=O) groups excluding carboxylic acids is 1. The second-order valence-corrected chi connectivity index (χ2v) is 4.84. The van der Waals surface area contributed by atoms with Gasteiger partial charge < -0.3 is 0 Å². The van der Waals surface area contributed by atoms with Crippen molar-refractivity contribution in [3.05, 3.63) is 59.7 Å². The molecule has 0 amide bonds. The molecule has 2 aromatic carbocycles. The van der Waals surface area contributed by atoms with Crippen LogP contribution in [0.15, 0.2) is 48.5 Å². The van der Waals surface area contributed by atoms with Crippen molar-refractivity contribution in [2.24, 2.45) is 0 Å². The second kappa shape index (κ2) is 5.25. The van der Waals surface area contributed by atoms with E-state index in [4.69, 9.17) is 0 Å². The molecule has 0 bridgehead atoms. The minimum atomic E-state index is 0.133. The van der Waals surface area contributed by atoms with Crippen molar-refractivity contribution >= 4 is 16.8 Å². The lowest BCUT2D eigenvalue weighted by atomic mass is 10.1. The molecule has 3 aromatic rings. The number of para-hydroxylation sites is 1. The fourth-order valence-electron chi connectivity index (χ4n) is 2.25. The number of benzene rings is 2. The maximum Gasteiger partial charge on any atom is 0.164 e. The van der Waals surface area contributed by atoms with Gasteiger partial charge in [-0.2, -0.15) is 0 Å². The number of hydrogen-bond acceptors (Lipinski definition) is 3. The zero-order valence-corrected chi connectivity index (χ0v) is 11.3. The molecular formula is C16H15N3O. The minimum absolute atomic E-state index is 0.133. The van der Waals surface area contributed by atoms with E-state index in [1.54, 1.807) is 4.68 Å². The molecule has 4 heteroatoms. The molecule has 0 atom stereocenters. The number of nitrogens with zero attached hydrogens (tertiary/aromatic N) is 3. The number of aryl methyl sites for hydroxylation is 2. The summed E-state index contributed by atoms with van der Waals surface area (Å²) in [7, 11) is 0. The molecule has 0 aliphatic carbocycles. The van der Waals surface area contributed by atoms with Gasteiger partial charge in [0, 0.05) is 12.0 Å². The van der Waals surface area contributed by atoms with E-state index in [0.717, 1.165) is 22.2 Å². The highest BCUT2D eigenvalue weighted by Crippen LogP contribution is 2.12. The predicted octanol–water partition coefficient (Wildman–Crippen LogP) is 3.01. The number of fused-ring (bicyclic) bond motifs is 1. The lowest BCUT2D eigenvalue weighted by Crippen LogP contribution is -2.07. The Labute approximate surface area is 117 Å². The molecule has 0 fully saturated rings. The van der Waals surface area contributed by atoms with Gasteiger partial charge in [-0.3, -0.25) is 4.79 Å². The molecule has 20 heavy (non-hydrogen) atoms. The van der Waals surface area contributed by atoms with E-state index in [1.165, 1.54) is 0 Å². The Hall–Kier alpha value is -2.49. The molecule has 100 valence electrons. The van der Waals surface area contributed by atoms with E-state index >= 15 is 0 Å². The summed E-state index contributed by atoms with van der Waals surface area (Å²) in [5, 5.41) is 8.18. The van der Waals surface area contributed by atoms with Gasteiger partial charge in [0.15, 0.2) is 5.78 Å². The van der Waals surface area contributed by atoms with Crippen LogP contribution in [-0.4, -0.2) is 20.8 Å². The van der Waals surface area contributed by atoms with Gasteiger partial charge in [-0.15, -0.1) is 5.10 Å². The van der Waals surface area contributed by atoms with Crippen molar-refractivity contribution < 1.29 is 4.79 Å². The Kier molecular flexibility index (Phi) is 3.29. The Morgan fingerprint density at radius 2 is 2.00 bits per heavy atom. The summed E-state index contributed by atoms with van der Waals surface area (Å²) < 4.78 is 1.78. The van der Waals surface area contributed by atoms with Crippen LogP contribution in [0.2, 0.25) is 0 Å². The van der Waals surface area contributed by atoms with Crippen molar-refractivity contribution in [1.82, 2.24) is 15.0 Å². The lowest BCUT2D eigenvalue weighted by molar-refractivity contribution is 0.0976. The molecule has 0 saturated heterocycles. The van der Waals surface area contributed by atoms with Crippen LogP contribution in [-0.2, 0) is 6.54 Å². The zero-order valence-electron chi connectivity index (χ0n) is 11.3. The van der Waals surface area contributed by atoms with Gasteiger partial charge >= 0.3 is 0 Å². The van der Waals surface area contributed by atoms with Gasteiger partial charge in [0.1, 0.15) is 5.52 Å². The summed E-state index contributed by atoms with van der Waals surface area (Å²) in [6, 6.07) is 15.4. The van der Waals surface area contributed by atoms with Crippen LogP contribution in [0.25, 0.3) is 11.0 Å². The molecule has 0 unspecified atom stereocenters. The van der Waals surface area contributed by atoms with Crippen molar-refractivity contribution in [2.75, 3.05) is 0 Å². The molecule has 0 radical (unpaired) electrons. The third kappa shape index (κ3) is 2.45. The average Bonchev–Trinajstić information content (AvgIpc) is 2.88. The largest absolute Gasteiger partial charge is 0.294 e. The molecule has 0 aliphatic rings. The summed E-state index contributed by atoms with van der Waals surface area (Å²) in [4.78, 5) is 12.2. The first-order chi connectivity index (χ1) is 9.74. The van der Waals surface area contributed by atoms with Crippen LogP contribution >= 0.6 is 0 Å². The Bertz CT molecular complexity index is 761. The molecule has 0 N–H and O–H groups in total. The quantitative estimate of drug-likeness (QED) is 0.681. The van der Waals surface area contributed by atoms with Gasteiger partial charge in [-0.1, -0.05) is 41.1 Å². The summed E-state index contributed by atoms with van der Waals surface area (Å²) >= 11 is 0. The molecule has 0 aliphatic heterocycles. The third-order valence-electron chi connectivity index (χ3n) is 3.31. The fourth-order valence-corrected chi connectivity index (χ4v) is 2.25. The van der Waals surface area contributed by atoms with E-state index < -0.39 is 0 Å². The fraction of sp³-hybridized carbons (Fsp3) is 0.188. The standard InChI is InChI=1S/C16H15N3O/c1-12-5-4-6-13(11-12)16(20)9-10-19-15-8-3-2-7-14(15)17-18-19/h2-8,11H,9-10H2,1H3. The second-order valence-electron chi connectivity index (χ2n) is 4.84. The van der Waals surface area contributed by atoms with Crippen LogP contribution in [0, 0.1) is 6.92 Å². The maximum atomic E-state index is 12.2. The van der Waals surface area contributed by atoms with Gasteiger partial charge in [-0.25, -0.2) is 4.68 Å². The molecule has 1 heterocycles. The van der Waals surface area contributed by atoms with E-state index in [1.807, 2.05) is 55.5 Å². The van der Waals surface area contributed by atoms with E-state index in [2.05, 4.69) is 10.3 Å². The molecular weight excluding hydrogens is 250 g/mol. The van der Waals surface area contributed by atoms with Gasteiger partial charge in [-0.05, 0) is 25.1 Å². The SMILES string of the molecule is Cc1cccc(C(=O)CCn2nnc3ccccc32)c1. The Morgan fingerprint density at radius 1 is 1.15 bits per heavy atom. The first-order valence-electron chi connectivity index (χ1n) is 6.62. The molecule has 0 saturated carbocycles. The van der Waals surface area contributed by atoms with Crippen LogP contribution in [0.1, 0.15) is 22.3 Å². The minimum Gasteiger partial charge on any atom is -0.294 e. The molecule has 3 rings (SSSR count). The maximum absolute atomic E-state index is 12.2. The summed E-state index contributed by atoms with van der Waals surface area (Å²) in [6.07, 6.45) is 0.427. The van der Waals surface area contributed by atoms with Crippen LogP contribution in [0.5, 0.6) is 0 Å². The highest BCUT2D eigenvalue weighted by Gasteiger charge is 2.08. The zero-order chi connectivity index (χ0) is 13.9. The summed E-state index contributed by atoms with van der Waals surface area (Å²) in [5.74, 6) is 0.133. The third-order valence-corrected chi connectivity index (χ3v) is 3.31. The monoisotopic (exact) mass is 265 g/mol. The average molecular weight is 265 g/mol. The van der Waals surface area contributed by atoms with Crippen molar-refractivity contribution in [3.63, 3.8) is 0 Å². The highest BCUT2D eigenvalue weighted by molar-refractivity contribution is 5.96. The molecule has 1 aromatic heterocycles. The van der Waals surface area contributed by atoms with Crippen molar-refractivity contribution in [2.45, 2.75) is 19.9 Å². The number of carbonyl (C=O) groups is 1. The first-order valence-corrected chi connectivity index (χ1v) is 6.62. The lowest BCUT2D eigenvalue weighted by Gasteiger charge is -2.03. The number of ketones is 1. The van der Waals surface area contributed by atoms with Crippen LogP contribution in [0.4, 0.5) is 0 Å². The van der Waals surface area contributed by atoms with Crippen LogP contribution in [0.3, 0.4) is 0 Å². The number of hydrogen-bond donors (Lipinski definition) is 0. The first kappa shape index (κ1) is 12.5. The van der Waals surface area contributed by atoms with Crippen molar-refractivity contribution in [3.8, 4) is 0 Å². The summed E-state index contributed by atoms with van der Waals surface area (Å²) in [6.45, 7) is 2.54. The smallest absolute Gasteiger partial charge is 0.164 e. The number of rotatable bonds is 4. The molecule has 0 spiro atoms. The van der Waals surface area contributed by atoms with Gasteiger partial charge in [0.05, 0.1) is 12.1 Å². The van der Waals surface area contributed by atoms with E-state index in [-0.39, 0.29) is 5.78 Å². The number of aromatic nitrogens is 3. The highest BCUT2D eigenvalue weighted by atomic mass is 16.1. The Morgan fingerprint density at radius 3 is 2.85 bits per heavy atom. The van der Waals surface area contributed by atoms with Crippen molar-refractivity contribution in [1.29, 1.82) is 0 Å². The number of Topliss-reactive ketones (excluding diaryl/α,β-unsaturated/α-hetero) is 1. The van der Waals surface area contributed by atoms with Gasteiger partial charge in [0.25, 0.3) is 0 Å². The Balaban J connectivity index is 1.75. The van der Waals surface area contributed by atoms with E-state index in [9.17, 15) is 4.79 Å². The van der Waals surface area contributed by atoms with Gasteiger partial charge in [0.2, 0.25) is 0 Å². The normalized spacial score (nSPS) is 10.8. The summed E-state index contributed by atoms with van der Waals surface area (Å²) in [5.41, 5.74) is 3.68. The van der Waals surface area contributed by atoms with Crippen LogP contribution < -0.4 is 0 Å². The topological polar surface area (TPSA) is 47.8 Å². The predicted molar refractivity (Wildman–Crippen MR) is 77.7 cm³/mol.